The molecule has 1 heterocycles. The first kappa shape index (κ1) is 20.6. The molecule has 0 aromatic heterocycles. The third kappa shape index (κ3) is 5.66. The van der Waals surface area contributed by atoms with E-state index in [1.807, 2.05) is 30.3 Å². The fraction of sp³-hybridized carbons (Fsp3) is 0.333. The Morgan fingerprint density at radius 3 is 2.66 bits per heavy atom. The van der Waals surface area contributed by atoms with Crippen LogP contribution in [0.2, 0.25) is 0 Å². The highest BCUT2D eigenvalue weighted by Crippen LogP contribution is 2.28. The quantitative estimate of drug-likeness (QED) is 0.773. The summed E-state index contributed by atoms with van der Waals surface area (Å²) in [4.78, 5) is 25.4. The summed E-state index contributed by atoms with van der Waals surface area (Å²) in [5, 5.41) is 2.82. The third-order valence-corrected chi connectivity index (χ3v) is 4.89. The average Bonchev–Trinajstić information content (AvgIpc) is 2.70. The summed E-state index contributed by atoms with van der Waals surface area (Å²) in [5.74, 6) is -0.533. The minimum Gasteiger partial charge on any atom is -0.435 e. The van der Waals surface area contributed by atoms with Crippen LogP contribution in [-0.4, -0.2) is 36.5 Å². The van der Waals surface area contributed by atoms with Gasteiger partial charge in [0.25, 0.3) is 0 Å². The molecule has 2 aromatic carbocycles. The topological polar surface area (TPSA) is 84.7 Å². The molecule has 0 spiro atoms. The Labute approximate surface area is 167 Å². The summed E-state index contributed by atoms with van der Waals surface area (Å²) in [6, 6.07) is 13.4. The normalized spacial score (nSPS) is 16.5. The number of likely N-dealkylation sites (tertiary alicyclic amines) is 1. The molecule has 1 atom stereocenters. The fourth-order valence-corrected chi connectivity index (χ4v) is 3.46. The number of nitrogens with zero attached hydrogens (tertiary/aromatic N) is 1. The van der Waals surface area contributed by atoms with Crippen molar-refractivity contribution >= 4 is 17.6 Å². The van der Waals surface area contributed by atoms with Gasteiger partial charge in [0.15, 0.2) is 0 Å². The second kappa shape index (κ2) is 9.36. The Kier molecular flexibility index (Phi) is 6.64. The number of urea groups is 1. The number of piperidine rings is 1. The Morgan fingerprint density at radius 2 is 1.97 bits per heavy atom. The zero-order chi connectivity index (χ0) is 20.8. The van der Waals surface area contributed by atoms with E-state index in [1.54, 1.807) is 6.07 Å². The molecule has 2 aromatic rings. The molecule has 154 valence electrons. The van der Waals surface area contributed by atoms with E-state index in [2.05, 4.69) is 10.1 Å². The number of nitrogens with two attached hydrogens (primary N) is 1. The van der Waals surface area contributed by atoms with Crippen molar-refractivity contribution in [3.8, 4) is 5.75 Å². The zero-order valence-electron chi connectivity index (χ0n) is 15.8. The predicted octanol–water partition coefficient (Wildman–Crippen LogP) is 3.61. The van der Waals surface area contributed by atoms with Crippen molar-refractivity contribution in [1.82, 2.24) is 4.90 Å². The van der Waals surface area contributed by atoms with Gasteiger partial charge in [-0.3, -0.25) is 4.79 Å². The number of carbonyl (C=O) groups excluding carboxylic acids is 2. The number of alkyl halides is 2. The van der Waals surface area contributed by atoms with Crippen LogP contribution in [0, 0.1) is 5.92 Å². The van der Waals surface area contributed by atoms with Crippen LogP contribution < -0.4 is 15.8 Å². The van der Waals surface area contributed by atoms with E-state index in [0.717, 1.165) is 5.56 Å². The molecular weight excluding hydrogens is 380 g/mol. The standard InChI is InChI=1S/C21H23F2N3O3/c22-20(23)29-18-9-8-17(12-16(18)11-14-5-2-1-3-6-14)25-19(27)15-7-4-10-26(13-15)21(24)28/h1-3,5-6,8-9,12,15,20H,4,7,10-11,13H2,(H2,24,28)(H,25,27). The second-order valence-corrected chi connectivity index (χ2v) is 6.98. The Bertz CT molecular complexity index is 862. The number of carbonyl (C=O) groups is 2. The van der Waals surface area contributed by atoms with Crippen LogP contribution in [0.5, 0.6) is 5.75 Å². The van der Waals surface area contributed by atoms with Gasteiger partial charge in [0.1, 0.15) is 5.75 Å². The van der Waals surface area contributed by atoms with Crippen molar-refractivity contribution in [3.63, 3.8) is 0 Å². The molecular formula is C21H23F2N3O3. The monoisotopic (exact) mass is 403 g/mol. The fourth-order valence-electron chi connectivity index (χ4n) is 3.46. The highest BCUT2D eigenvalue weighted by molar-refractivity contribution is 5.93. The molecule has 1 aliphatic heterocycles. The summed E-state index contributed by atoms with van der Waals surface area (Å²) in [6.45, 7) is -2.13. The Morgan fingerprint density at radius 1 is 1.21 bits per heavy atom. The van der Waals surface area contributed by atoms with E-state index in [1.165, 1.54) is 17.0 Å². The van der Waals surface area contributed by atoms with E-state index >= 15 is 0 Å². The molecule has 3 amide bonds. The number of hydrogen-bond acceptors (Lipinski definition) is 3. The number of nitrogens with one attached hydrogen (secondary N) is 1. The second-order valence-electron chi connectivity index (χ2n) is 6.98. The first-order valence-electron chi connectivity index (χ1n) is 9.39. The van der Waals surface area contributed by atoms with Crippen LogP contribution in [0.15, 0.2) is 48.5 Å². The zero-order valence-corrected chi connectivity index (χ0v) is 15.8. The third-order valence-electron chi connectivity index (χ3n) is 4.89. The van der Waals surface area contributed by atoms with Gasteiger partial charge in [0, 0.05) is 30.8 Å². The van der Waals surface area contributed by atoms with Gasteiger partial charge < -0.3 is 20.7 Å². The Balaban J connectivity index is 1.76. The molecule has 3 rings (SSSR count). The van der Waals surface area contributed by atoms with E-state index in [4.69, 9.17) is 5.73 Å². The van der Waals surface area contributed by atoms with E-state index in [0.29, 0.717) is 37.1 Å². The van der Waals surface area contributed by atoms with Gasteiger partial charge in [-0.15, -0.1) is 0 Å². The van der Waals surface area contributed by atoms with Gasteiger partial charge in [-0.1, -0.05) is 30.3 Å². The van der Waals surface area contributed by atoms with Crippen LogP contribution in [0.3, 0.4) is 0 Å². The molecule has 0 radical (unpaired) electrons. The molecule has 6 nitrogen and oxygen atoms in total. The van der Waals surface area contributed by atoms with Gasteiger partial charge in [0.05, 0.1) is 5.92 Å². The van der Waals surface area contributed by atoms with E-state index in [-0.39, 0.29) is 24.1 Å². The number of benzene rings is 2. The lowest BCUT2D eigenvalue weighted by Crippen LogP contribution is -2.46. The minimum atomic E-state index is -2.94. The average molecular weight is 403 g/mol. The molecule has 0 aliphatic carbocycles. The molecule has 0 saturated carbocycles. The van der Waals surface area contributed by atoms with Crippen molar-refractivity contribution in [3.05, 3.63) is 59.7 Å². The van der Waals surface area contributed by atoms with E-state index < -0.39 is 12.6 Å². The summed E-state index contributed by atoms with van der Waals surface area (Å²) < 4.78 is 30.2. The number of amides is 3. The van der Waals surface area contributed by atoms with Crippen molar-refractivity contribution in [1.29, 1.82) is 0 Å². The highest BCUT2D eigenvalue weighted by Gasteiger charge is 2.27. The van der Waals surface area contributed by atoms with Gasteiger partial charge >= 0.3 is 12.6 Å². The van der Waals surface area contributed by atoms with Crippen LogP contribution in [0.25, 0.3) is 0 Å². The van der Waals surface area contributed by atoms with Crippen LogP contribution in [-0.2, 0) is 11.2 Å². The van der Waals surface area contributed by atoms with Crippen molar-refractivity contribution < 1.29 is 23.1 Å². The maximum absolute atomic E-state index is 12.8. The largest absolute Gasteiger partial charge is 0.435 e. The van der Waals surface area contributed by atoms with Crippen LogP contribution >= 0.6 is 0 Å². The number of primary amides is 1. The van der Waals surface area contributed by atoms with Crippen LogP contribution in [0.4, 0.5) is 19.3 Å². The summed E-state index contributed by atoms with van der Waals surface area (Å²) in [6.07, 6.45) is 1.73. The van der Waals surface area contributed by atoms with Crippen molar-refractivity contribution in [2.45, 2.75) is 25.9 Å². The van der Waals surface area contributed by atoms with Gasteiger partial charge in [0.2, 0.25) is 5.91 Å². The lowest BCUT2D eigenvalue weighted by Gasteiger charge is -2.30. The molecule has 8 heteroatoms. The molecule has 1 aliphatic rings. The number of anilines is 1. The summed E-state index contributed by atoms with van der Waals surface area (Å²) in [5.41, 5.74) is 7.27. The smallest absolute Gasteiger partial charge is 0.387 e. The van der Waals surface area contributed by atoms with Crippen molar-refractivity contribution in [2.24, 2.45) is 11.7 Å². The SMILES string of the molecule is NC(=O)N1CCCC(C(=O)Nc2ccc(OC(F)F)c(Cc3ccccc3)c2)C1. The first-order chi connectivity index (χ1) is 13.9. The van der Waals surface area contributed by atoms with Gasteiger partial charge in [-0.2, -0.15) is 8.78 Å². The Hall–Kier alpha value is -3.16. The number of ether oxygens (including phenoxy) is 1. The van der Waals surface area contributed by atoms with Gasteiger partial charge in [-0.05, 0) is 36.6 Å². The highest BCUT2D eigenvalue weighted by atomic mass is 19.3. The molecule has 3 N–H and O–H groups in total. The number of hydrogen-bond donors (Lipinski definition) is 2. The first-order valence-corrected chi connectivity index (χ1v) is 9.39. The molecule has 1 unspecified atom stereocenters. The lowest BCUT2D eigenvalue weighted by molar-refractivity contribution is -0.121. The lowest BCUT2D eigenvalue weighted by atomic mass is 9.97. The predicted molar refractivity (Wildman–Crippen MR) is 105 cm³/mol. The number of halogens is 2. The van der Waals surface area contributed by atoms with Crippen molar-refractivity contribution in [2.75, 3.05) is 18.4 Å². The minimum absolute atomic E-state index is 0.0689. The molecule has 1 fully saturated rings. The summed E-state index contributed by atoms with van der Waals surface area (Å²) in [7, 11) is 0. The maximum Gasteiger partial charge on any atom is 0.387 e. The van der Waals surface area contributed by atoms with E-state index in [9.17, 15) is 18.4 Å². The van der Waals surface area contributed by atoms with Gasteiger partial charge in [-0.25, -0.2) is 4.79 Å². The number of rotatable bonds is 6. The molecule has 0 bridgehead atoms. The molecule has 1 saturated heterocycles. The molecule has 29 heavy (non-hydrogen) atoms. The summed E-state index contributed by atoms with van der Waals surface area (Å²) >= 11 is 0. The maximum atomic E-state index is 12.8. The van der Waals surface area contributed by atoms with Crippen LogP contribution in [0.1, 0.15) is 24.0 Å².